The SMILES string of the molecule is CC(C)C(N)CO.O=[N+]([O-])O. The molecule has 6 nitrogen and oxygen atoms in total. The number of hydrogen-bond acceptors (Lipinski definition) is 4. The van der Waals surface area contributed by atoms with E-state index in [0.717, 1.165) is 0 Å². The van der Waals surface area contributed by atoms with Gasteiger partial charge in [0.15, 0.2) is 0 Å². The largest absolute Gasteiger partial charge is 0.395 e. The van der Waals surface area contributed by atoms with Crippen molar-refractivity contribution >= 4 is 0 Å². The lowest BCUT2D eigenvalue weighted by molar-refractivity contribution is -0.742. The Morgan fingerprint density at radius 2 is 1.91 bits per heavy atom. The van der Waals surface area contributed by atoms with Gasteiger partial charge in [-0.25, -0.2) is 0 Å². The van der Waals surface area contributed by atoms with Crippen molar-refractivity contribution in [3.63, 3.8) is 0 Å². The maximum atomic E-state index is 8.38. The summed E-state index contributed by atoms with van der Waals surface area (Å²) in [5, 5.41) is 22.0. The summed E-state index contributed by atoms with van der Waals surface area (Å²) < 4.78 is 0. The smallest absolute Gasteiger partial charge is 0.291 e. The first-order chi connectivity index (χ1) is 4.91. The molecule has 0 aliphatic rings. The molecule has 0 aliphatic heterocycles. The zero-order chi connectivity index (χ0) is 9.44. The van der Waals surface area contributed by atoms with Gasteiger partial charge in [-0.2, -0.15) is 0 Å². The highest BCUT2D eigenvalue weighted by Crippen LogP contribution is 1.94. The molecule has 0 saturated carbocycles. The summed E-state index contributed by atoms with van der Waals surface area (Å²) in [5.41, 5.74) is 5.37. The lowest BCUT2D eigenvalue weighted by atomic mass is 10.1. The van der Waals surface area contributed by atoms with E-state index in [-0.39, 0.29) is 12.6 Å². The molecular weight excluding hydrogens is 152 g/mol. The number of aliphatic hydroxyl groups is 1. The molecule has 6 heteroatoms. The minimum atomic E-state index is -1.50. The van der Waals surface area contributed by atoms with Crippen molar-refractivity contribution in [2.45, 2.75) is 19.9 Å². The van der Waals surface area contributed by atoms with Crippen molar-refractivity contribution in [1.82, 2.24) is 0 Å². The van der Waals surface area contributed by atoms with Gasteiger partial charge < -0.3 is 16.0 Å². The van der Waals surface area contributed by atoms with E-state index in [1.54, 1.807) is 0 Å². The molecule has 0 spiro atoms. The molecule has 0 saturated heterocycles. The maximum Gasteiger partial charge on any atom is 0.291 e. The topological polar surface area (TPSA) is 110 Å². The van der Waals surface area contributed by atoms with Gasteiger partial charge in [0.2, 0.25) is 0 Å². The second kappa shape index (κ2) is 7.23. The van der Waals surface area contributed by atoms with Crippen LogP contribution in [-0.4, -0.2) is 28.0 Å². The summed E-state index contributed by atoms with van der Waals surface area (Å²) in [6.45, 7) is 4.07. The molecule has 0 aromatic carbocycles. The van der Waals surface area contributed by atoms with E-state index in [9.17, 15) is 0 Å². The second-order valence-electron chi connectivity index (χ2n) is 2.33. The molecule has 0 aliphatic carbocycles. The molecule has 0 aromatic heterocycles. The van der Waals surface area contributed by atoms with E-state index in [2.05, 4.69) is 0 Å². The van der Waals surface area contributed by atoms with E-state index in [4.69, 9.17) is 26.2 Å². The summed E-state index contributed by atoms with van der Waals surface area (Å²) in [5.74, 6) is 0.394. The van der Waals surface area contributed by atoms with Crippen molar-refractivity contribution in [2.75, 3.05) is 6.61 Å². The number of hydrogen-bond donors (Lipinski definition) is 3. The first kappa shape index (κ1) is 12.8. The van der Waals surface area contributed by atoms with Gasteiger partial charge in [0.25, 0.3) is 5.09 Å². The molecule has 0 heterocycles. The van der Waals surface area contributed by atoms with Crippen LogP contribution in [0.5, 0.6) is 0 Å². The van der Waals surface area contributed by atoms with Gasteiger partial charge in [0.05, 0.1) is 6.61 Å². The van der Waals surface area contributed by atoms with Gasteiger partial charge >= 0.3 is 0 Å². The summed E-state index contributed by atoms with van der Waals surface area (Å²) in [6.07, 6.45) is 0. The Hall–Kier alpha value is -0.880. The van der Waals surface area contributed by atoms with Gasteiger partial charge in [-0.3, -0.25) is 0 Å². The molecule has 0 radical (unpaired) electrons. The Bertz CT molecular complexity index is 103. The first-order valence-corrected chi connectivity index (χ1v) is 3.11. The third kappa shape index (κ3) is 17.6. The molecule has 1 unspecified atom stereocenters. The van der Waals surface area contributed by atoms with Crippen LogP contribution in [0.2, 0.25) is 0 Å². The van der Waals surface area contributed by atoms with Gasteiger partial charge in [-0.05, 0) is 5.92 Å². The van der Waals surface area contributed by atoms with Crippen LogP contribution < -0.4 is 5.73 Å². The fourth-order valence-electron chi connectivity index (χ4n) is 0.211. The van der Waals surface area contributed by atoms with Gasteiger partial charge in [0, 0.05) is 6.04 Å². The van der Waals surface area contributed by atoms with E-state index in [1.807, 2.05) is 13.8 Å². The molecule has 11 heavy (non-hydrogen) atoms. The minimum absolute atomic E-state index is 0.0417. The fraction of sp³-hybridized carbons (Fsp3) is 1.00. The predicted octanol–water partition coefficient (Wildman–Crippen LogP) is -0.386. The van der Waals surface area contributed by atoms with Gasteiger partial charge in [-0.1, -0.05) is 13.8 Å². The first-order valence-electron chi connectivity index (χ1n) is 3.11. The standard InChI is InChI=1S/C5H13NO.HNO3/c1-4(2)5(6)3-7;2-1(3)4/h4-5,7H,3,6H2,1-2H3;(H,2,3,4). The van der Waals surface area contributed by atoms with Crippen molar-refractivity contribution in [3.05, 3.63) is 10.1 Å². The summed E-state index contributed by atoms with van der Waals surface area (Å²) in [6, 6.07) is -0.0417. The lowest BCUT2D eigenvalue weighted by Crippen LogP contribution is -2.29. The Labute approximate surface area is 64.7 Å². The fourth-order valence-corrected chi connectivity index (χ4v) is 0.211. The van der Waals surface area contributed by atoms with Crippen molar-refractivity contribution in [3.8, 4) is 0 Å². The molecule has 0 rings (SSSR count). The molecule has 0 amide bonds. The highest BCUT2D eigenvalue weighted by atomic mass is 16.9. The molecule has 0 aromatic rings. The van der Waals surface area contributed by atoms with Crippen molar-refractivity contribution in [1.29, 1.82) is 0 Å². The number of rotatable bonds is 2. The average molecular weight is 166 g/mol. The number of nitrogens with zero attached hydrogens (tertiary/aromatic N) is 1. The second-order valence-corrected chi connectivity index (χ2v) is 2.33. The maximum absolute atomic E-state index is 8.38. The van der Waals surface area contributed by atoms with E-state index in [0.29, 0.717) is 5.92 Å². The van der Waals surface area contributed by atoms with Crippen molar-refractivity contribution in [2.24, 2.45) is 11.7 Å². The lowest BCUT2D eigenvalue weighted by Gasteiger charge is -2.10. The Morgan fingerprint density at radius 3 is 1.91 bits per heavy atom. The van der Waals surface area contributed by atoms with Crippen LogP contribution in [0.4, 0.5) is 0 Å². The summed E-state index contributed by atoms with van der Waals surface area (Å²) in [7, 11) is 0. The summed E-state index contributed by atoms with van der Waals surface area (Å²) >= 11 is 0. The monoisotopic (exact) mass is 166 g/mol. The van der Waals surface area contributed by atoms with Crippen LogP contribution >= 0.6 is 0 Å². The van der Waals surface area contributed by atoms with Crippen LogP contribution in [0.25, 0.3) is 0 Å². The average Bonchev–Trinajstić information content (AvgIpc) is 1.85. The van der Waals surface area contributed by atoms with Crippen molar-refractivity contribution < 1.29 is 15.4 Å². The van der Waals surface area contributed by atoms with Crippen LogP contribution in [0.1, 0.15) is 13.8 Å². The van der Waals surface area contributed by atoms with E-state index < -0.39 is 5.09 Å². The van der Waals surface area contributed by atoms with Crippen LogP contribution in [0, 0.1) is 16.0 Å². The Balaban J connectivity index is 0. The molecule has 4 N–H and O–H groups in total. The highest BCUT2D eigenvalue weighted by Gasteiger charge is 2.02. The van der Waals surface area contributed by atoms with E-state index >= 15 is 0 Å². The third-order valence-corrected chi connectivity index (χ3v) is 1.07. The highest BCUT2D eigenvalue weighted by molar-refractivity contribution is 4.61. The zero-order valence-electron chi connectivity index (χ0n) is 6.60. The minimum Gasteiger partial charge on any atom is -0.395 e. The van der Waals surface area contributed by atoms with Gasteiger partial charge in [-0.15, -0.1) is 10.1 Å². The van der Waals surface area contributed by atoms with Gasteiger partial charge in [0.1, 0.15) is 0 Å². The van der Waals surface area contributed by atoms with E-state index in [1.165, 1.54) is 0 Å². The summed E-state index contributed by atoms with van der Waals surface area (Å²) in [4.78, 5) is 8.36. The molecule has 0 fully saturated rings. The third-order valence-electron chi connectivity index (χ3n) is 1.07. The Morgan fingerprint density at radius 1 is 1.64 bits per heavy atom. The Kier molecular flexibility index (Phi) is 8.39. The quantitative estimate of drug-likeness (QED) is 0.382. The molecular formula is C5H14N2O4. The van der Waals surface area contributed by atoms with Crippen LogP contribution in [0.3, 0.4) is 0 Å². The normalized spacial score (nSPS) is 11.7. The molecule has 1 atom stereocenters. The molecule has 68 valence electrons. The molecule has 0 bridgehead atoms. The van der Waals surface area contributed by atoms with Crippen LogP contribution in [0.15, 0.2) is 0 Å². The van der Waals surface area contributed by atoms with Crippen LogP contribution in [-0.2, 0) is 0 Å². The number of aliphatic hydroxyl groups excluding tert-OH is 1. The number of nitrogens with two attached hydrogens (primary N) is 1. The predicted molar refractivity (Wildman–Crippen MR) is 38.7 cm³/mol. The zero-order valence-corrected chi connectivity index (χ0v) is 6.60.